The highest BCUT2D eigenvalue weighted by molar-refractivity contribution is 8.00. The number of hydrogen-bond acceptors (Lipinski definition) is 6. The van der Waals surface area contributed by atoms with Gasteiger partial charge < -0.3 is 16.0 Å². The largest absolute Gasteiger partial charge is 0.321 e. The van der Waals surface area contributed by atoms with Gasteiger partial charge in [0.1, 0.15) is 11.5 Å². The van der Waals surface area contributed by atoms with Crippen LogP contribution in [0.1, 0.15) is 29.3 Å². The van der Waals surface area contributed by atoms with Crippen molar-refractivity contribution < 1.29 is 18.8 Å². The minimum absolute atomic E-state index is 0.0418. The Morgan fingerprint density at radius 1 is 0.935 bits per heavy atom. The van der Waals surface area contributed by atoms with Crippen molar-refractivity contribution in [1.82, 2.24) is 10.3 Å². The Bertz CT molecular complexity index is 1860. The van der Waals surface area contributed by atoms with Gasteiger partial charge in [0.05, 0.1) is 16.0 Å². The zero-order valence-corrected chi connectivity index (χ0v) is 26.9. The molecule has 0 aliphatic carbocycles. The summed E-state index contributed by atoms with van der Waals surface area (Å²) in [4.78, 5) is 44.9. The summed E-state index contributed by atoms with van der Waals surface area (Å²) in [6.07, 6.45) is 1.75. The van der Waals surface area contributed by atoms with Gasteiger partial charge in [-0.2, -0.15) is 0 Å². The van der Waals surface area contributed by atoms with E-state index >= 15 is 0 Å². The number of carbonyl (C=O) groups excluding carboxylic acids is 3. The van der Waals surface area contributed by atoms with Gasteiger partial charge in [-0.05, 0) is 55.0 Å². The number of carbonyl (C=O) groups is 3. The van der Waals surface area contributed by atoms with Gasteiger partial charge in [0.2, 0.25) is 5.91 Å². The van der Waals surface area contributed by atoms with Gasteiger partial charge in [-0.15, -0.1) is 23.1 Å². The molecule has 1 unspecified atom stereocenters. The second-order valence-corrected chi connectivity index (χ2v) is 12.4. The van der Waals surface area contributed by atoms with Crippen LogP contribution in [0.4, 0.5) is 15.2 Å². The highest BCUT2D eigenvalue weighted by Gasteiger charge is 2.21. The molecule has 1 atom stereocenters. The normalized spacial score (nSPS) is 11.8. The Kier molecular flexibility index (Phi) is 11.0. The van der Waals surface area contributed by atoms with E-state index in [0.717, 1.165) is 16.2 Å². The summed E-state index contributed by atoms with van der Waals surface area (Å²) in [5.74, 6) is -2.07. The Morgan fingerprint density at radius 2 is 1.65 bits per heavy atom. The highest BCUT2D eigenvalue weighted by atomic mass is 35.5. The molecule has 0 fully saturated rings. The van der Waals surface area contributed by atoms with Gasteiger partial charge in [-0.1, -0.05) is 79.2 Å². The fourth-order valence-corrected chi connectivity index (χ4v) is 6.28. The summed E-state index contributed by atoms with van der Waals surface area (Å²) in [5, 5.41) is 10.3. The molecule has 5 aromatic rings. The van der Waals surface area contributed by atoms with Crippen LogP contribution in [0.5, 0.6) is 0 Å². The zero-order chi connectivity index (χ0) is 32.5. The molecule has 0 spiro atoms. The maximum absolute atomic E-state index is 14.6. The summed E-state index contributed by atoms with van der Waals surface area (Å²) in [5.41, 5.74) is 2.24. The topological polar surface area (TPSA) is 100 Å². The molecule has 4 aromatic carbocycles. The van der Waals surface area contributed by atoms with Crippen LogP contribution in [0.2, 0.25) is 5.02 Å². The molecule has 0 radical (unpaired) electrons. The molecule has 0 aliphatic heterocycles. The van der Waals surface area contributed by atoms with Crippen molar-refractivity contribution in [3.8, 4) is 11.3 Å². The number of aromatic nitrogens is 1. The predicted octanol–water partition coefficient (Wildman–Crippen LogP) is 8.52. The molecule has 3 amide bonds. The molecule has 3 N–H and O–H groups in total. The van der Waals surface area contributed by atoms with Crippen molar-refractivity contribution in [2.75, 3.05) is 10.6 Å². The number of rotatable bonds is 11. The quantitative estimate of drug-likeness (QED) is 0.0966. The number of amides is 3. The van der Waals surface area contributed by atoms with Crippen molar-refractivity contribution in [2.45, 2.75) is 23.5 Å². The van der Waals surface area contributed by atoms with E-state index in [1.807, 2.05) is 48.7 Å². The first kappa shape index (κ1) is 32.6. The number of thioether (sulfide) groups is 1. The van der Waals surface area contributed by atoms with E-state index in [2.05, 4.69) is 20.9 Å². The number of benzene rings is 4. The van der Waals surface area contributed by atoms with Crippen LogP contribution in [-0.4, -0.2) is 28.0 Å². The van der Waals surface area contributed by atoms with Gasteiger partial charge in [-0.3, -0.25) is 14.4 Å². The molecule has 7 nitrogen and oxygen atoms in total. The van der Waals surface area contributed by atoms with Gasteiger partial charge >= 0.3 is 0 Å². The second kappa shape index (κ2) is 15.5. The molecule has 5 rings (SSSR count). The number of thiazole rings is 1. The Morgan fingerprint density at radius 3 is 2.37 bits per heavy atom. The van der Waals surface area contributed by atoms with E-state index in [0.29, 0.717) is 22.8 Å². The maximum atomic E-state index is 14.6. The lowest BCUT2D eigenvalue weighted by atomic mass is 10.1. The molecule has 0 aliphatic rings. The molecule has 11 heteroatoms. The maximum Gasteiger partial charge on any atom is 0.272 e. The van der Waals surface area contributed by atoms with Crippen molar-refractivity contribution in [1.29, 1.82) is 0 Å². The van der Waals surface area contributed by atoms with Crippen molar-refractivity contribution in [3.63, 3.8) is 0 Å². The van der Waals surface area contributed by atoms with Gasteiger partial charge in [-0.25, -0.2) is 9.37 Å². The van der Waals surface area contributed by atoms with Crippen LogP contribution in [0, 0.1) is 5.82 Å². The molecular weight excluding hydrogens is 643 g/mol. The third-order valence-corrected chi connectivity index (χ3v) is 9.10. The van der Waals surface area contributed by atoms with Gasteiger partial charge in [0.15, 0.2) is 5.13 Å². The SMILES string of the molecule is CCC(Sc1cccc(NC(=O)/C(=C\c2c(F)cccc2Cl)NC(=O)c2ccccc2)c1)C(=O)Nc1nc(-c2ccccc2)cs1. The Labute approximate surface area is 278 Å². The molecular formula is C35H28ClFN4O3S2. The second-order valence-electron chi connectivity index (χ2n) is 9.90. The highest BCUT2D eigenvalue weighted by Crippen LogP contribution is 2.30. The summed E-state index contributed by atoms with van der Waals surface area (Å²) < 4.78 is 14.6. The van der Waals surface area contributed by atoms with Crippen LogP contribution in [0.15, 0.2) is 119 Å². The summed E-state index contributed by atoms with van der Waals surface area (Å²) in [6, 6.07) is 29.2. The third-order valence-electron chi connectivity index (χ3n) is 6.65. The van der Waals surface area contributed by atoms with E-state index in [-0.39, 0.29) is 22.2 Å². The van der Waals surface area contributed by atoms with Crippen LogP contribution in [0.3, 0.4) is 0 Å². The first-order valence-corrected chi connectivity index (χ1v) is 16.4. The molecule has 0 saturated carbocycles. The zero-order valence-electron chi connectivity index (χ0n) is 24.5. The lowest BCUT2D eigenvalue weighted by molar-refractivity contribution is -0.116. The third kappa shape index (κ3) is 8.48. The number of halogens is 2. The molecule has 232 valence electrons. The molecule has 1 heterocycles. The molecule has 0 saturated heterocycles. The van der Waals surface area contributed by atoms with Crippen molar-refractivity contribution in [3.05, 3.63) is 136 Å². The van der Waals surface area contributed by atoms with E-state index in [1.165, 1.54) is 47.4 Å². The van der Waals surface area contributed by atoms with Crippen molar-refractivity contribution >= 4 is 69.3 Å². The van der Waals surface area contributed by atoms with Crippen LogP contribution in [-0.2, 0) is 9.59 Å². The van der Waals surface area contributed by atoms with Gasteiger partial charge in [0.25, 0.3) is 11.8 Å². The Hall–Kier alpha value is -4.77. The number of nitrogens with one attached hydrogen (secondary N) is 3. The molecule has 0 bridgehead atoms. The predicted molar refractivity (Wildman–Crippen MR) is 184 cm³/mol. The monoisotopic (exact) mass is 670 g/mol. The van der Waals surface area contributed by atoms with Crippen molar-refractivity contribution in [2.24, 2.45) is 0 Å². The fourth-order valence-electron chi connectivity index (χ4n) is 4.33. The lowest BCUT2D eigenvalue weighted by Crippen LogP contribution is -2.30. The van der Waals surface area contributed by atoms with Crippen LogP contribution >= 0.6 is 34.7 Å². The number of anilines is 2. The fraction of sp³-hybridized carbons (Fsp3) is 0.0857. The van der Waals surface area contributed by atoms with E-state index in [1.54, 1.807) is 48.5 Å². The average Bonchev–Trinajstić information content (AvgIpc) is 3.54. The van der Waals surface area contributed by atoms with E-state index in [9.17, 15) is 18.8 Å². The molecule has 46 heavy (non-hydrogen) atoms. The number of nitrogens with zero attached hydrogens (tertiary/aromatic N) is 1. The minimum Gasteiger partial charge on any atom is -0.321 e. The smallest absolute Gasteiger partial charge is 0.272 e. The van der Waals surface area contributed by atoms with Gasteiger partial charge in [0, 0.05) is 32.7 Å². The summed E-state index contributed by atoms with van der Waals surface area (Å²) >= 11 is 8.92. The number of hydrogen-bond donors (Lipinski definition) is 3. The standard InChI is InChI=1S/C35H28ClFN4O3S2/c1-2-31(34(44)41-35-40-30(21-45-35)22-11-5-3-6-12-22)46-25-16-9-15-24(19-25)38-33(43)29(20-26-27(36)17-10-18-28(26)37)39-32(42)23-13-7-4-8-14-23/h3-21,31H,2H2,1H3,(H,38,43)(H,39,42)(H,40,41,44)/b29-20+. The summed E-state index contributed by atoms with van der Waals surface area (Å²) in [7, 11) is 0. The van der Waals surface area contributed by atoms with Crippen LogP contribution in [0.25, 0.3) is 17.3 Å². The van der Waals surface area contributed by atoms with E-state index < -0.39 is 22.9 Å². The Balaban J connectivity index is 1.30. The first-order valence-electron chi connectivity index (χ1n) is 14.2. The first-order chi connectivity index (χ1) is 22.3. The minimum atomic E-state index is -0.687. The van der Waals surface area contributed by atoms with Crippen LogP contribution < -0.4 is 16.0 Å². The average molecular weight is 671 g/mol. The summed E-state index contributed by atoms with van der Waals surface area (Å²) in [6.45, 7) is 1.92. The van der Waals surface area contributed by atoms with E-state index in [4.69, 9.17) is 11.6 Å². The molecule has 1 aromatic heterocycles. The lowest BCUT2D eigenvalue weighted by Gasteiger charge is -2.15.